The first-order valence-electron chi connectivity index (χ1n) is 7.22. The third-order valence-electron chi connectivity index (χ3n) is 3.94. The molecule has 0 aliphatic rings. The minimum atomic E-state index is 0.318. The van der Waals surface area contributed by atoms with Crippen LogP contribution in [0.1, 0.15) is 24.3 Å². The molecule has 1 unspecified atom stereocenters. The van der Waals surface area contributed by atoms with Gasteiger partial charge in [-0.25, -0.2) is 0 Å². The number of rotatable bonds is 4. The molecule has 0 saturated carbocycles. The Balaban J connectivity index is 2.26. The van der Waals surface area contributed by atoms with Crippen LogP contribution in [-0.4, -0.2) is 12.2 Å². The summed E-state index contributed by atoms with van der Waals surface area (Å²) in [6, 6.07) is 14.4. The Labute approximate surface area is 129 Å². The van der Waals surface area contributed by atoms with Gasteiger partial charge >= 0.3 is 0 Å². The van der Waals surface area contributed by atoms with Crippen molar-refractivity contribution >= 4 is 22.1 Å². The molecule has 0 fully saturated rings. The minimum absolute atomic E-state index is 0.318. The third kappa shape index (κ3) is 2.43. The van der Waals surface area contributed by atoms with Gasteiger partial charge in [0.25, 0.3) is 0 Å². The number of phenols is 1. The van der Waals surface area contributed by atoms with E-state index in [1.165, 1.54) is 4.88 Å². The van der Waals surface area contributed by atoms with Crippen LogP contribution in [0, 0.1) is 0 Å². The fourth-order valence-corrected chi connectivity index (χ4v) is 3.96. The Kier molecular flexibility index (Phi) is 3.95. The average molecular weight is 297 g/mol. The van der Waals surface area contributed by atoms with Gasteiger partial charge in [0.15, 0.2) is 0 Å². The zero-order valence-corrected chi connectivity index (χ0v) is 13.1. The number of benzene rings is 2. The molecule has 1 heterocycles. The molecular weight excluding hydrogens is 278 g/mol. The van der Waals surface area contributed by atoms with Gasteiger partial charge in [-0.2, -0.15) is 0 Å². The van der Waals surface area contributed by atoms with Crippen molar-refractivity contribution in [2.45, 2.75) is 19.4 Å². The lowest BCUT2D eigenvalue weighted by Crippen LogP contribution is -2.14. The summed E-state index contributed by atoms with van der Waals surface area (Å²) in [5.41, 5.74) is 2.08. The summed E-state index contributed by atoms with van der Waals surface area (Å²) in [5, 5.41) is 18.1. The topological polar surface area (TPSA) is 32.3 Å². The highest BCUT2D eigenvalue weighted by Gasteiger charge is 2.18. The van der Waals surface area contributed by atoms with Crippen molar-refractivity contribution in [2.75, 3.05) is 7.05 Å². The van der Waals surface area contributed by atoms with E-state index in [-0.39, 0.29) is 0 Å². The molecular formula is C18H19NOS. The summed E-state index contributed by atoms with van der Waals surface area (Å²) >= 11 is 1.75. The van der Waals surface area contributed by atoms with Crippen molar-refractivity contribution in [1.82, 2.24) is 5.32 Å². The monoisotopic (exact) mass is 297 g/mol. The number of fused-ring (bicyclic) bond motifs is 1. The van der Waals surface area contributed by atoms with Gasteiger partial charge in [0.1, 0.15) is 5.75 Å². The van der Waals surface area contributed by atoms with Crippen LogP contribution in [0.5, 0.6) is 5.75 Å². The number of phenolic OH excluding ortho intramolecular Hbond substituents is 1. The Morgan fingerprint density at radius 2 is 1.95 bits per heavy atom. The molecule has 3 aromatic rings. The molecule has 108 valence electrons. The second kappa shape index (κ2) is 5.88. The van der Waals surface area contributed by atoms with Gasteiger partial charge in [0.05, 0.1) is 0 Å². The molecule has 0 bridgehead atoms. The van der Waals surface area contributed by atoms with Crippen LogP contribution in [-0.2, 0) is 0 Å². The fourth-order valence-electron chi connectivity index (χ4n) is 2.86. The second-order valence-electron chi connectivity index (χ2n) is 5.13. The maximum absolute atomic E-state index is 10.4. The summed E-state index contributed by atoms with van der Waals surface area (Å²) in [6.07, 6.45) is 1.02. The first-order valence-corrected chi connectivity index (χ1v) is 8.10. The molecule has 0 saturated heterocycles. The van der Waals surface area contributed by atoms with Crippen molar-refractivity contribution in [3.63, 3.8) is 0 Å². The van der Waals surface area contributed by atoms with Gasteiger partial charge in [-0.05, 0) is 41.8 Å². The number of nitrogens with one attached hydrogen (secondary N) is 1. The van der Waals surface area contributed by atoms with Gasteiger partial charge in [0, 0.05) is 22.0 Å². The Bertz CT molecular complexity index is 759. The lowest BCUT2D eigenvalue weighted by atomic mass is 9.95. The van der Waals surface area contributed by atoms with E-state index in [4.69, 9.17) is 0 Å². The SMILES string of the molecule is CCC(NC)c1sccc1-c1c(O)ccc2ccccc12. The molecule has 0 spiro atoms. The molecule has 3 heteroatoms. The summed E-state index contributed by atoms with van der Waals surface area (Å²) in [5.74, 6) is 0.347. The molecule has 0 amide bonds. The third-order valence-corrected chi connectivity index (χ3v) is 4.98. The maximum atomic E-state index is 10.4. The standard InChI is InChI=1S/C18H19NOS/c1-3-15(19-2)18-14(10-11-21-18)17-13-7-5-4-6-12(13)8-9-16(17)20/h4-11,15,19-20H,3H2,1-2H3. The highest BCUT2D eigenvalue weighted by molar-refractivity contribution is 7.10. The van der Waals surface area contributed by atoms with E-state index in [1.807, 2.05) is 25.2 Å². The molecule has 3 rings (SSSR count). The smallest absolute Gasteiger partial charge is 0.124 e. The normalized spacial score (nSPS) is 12.7. The lowest BCUT2D eigenvalue weighted by molar-refractivity contribution is 0.478. The molecule has 2 N–H and O–H groups in total. The van der Waals surface area contributed by atoms with Gasteiger partial charge in [0.2, 0.25) is 0 Å². The summed E-state index contributed by atoms with van der Waals surface area (Å²) < 4.78 is 0. The highest BCUT2D eigenvalue weighted by atomic mass is 32.1. The predicted molar refractivity (Wildman–Crippen MR) is 91.0 cm³/mol. The van der Waals surface area contributed by atoms with E-state index >= 15 is 0 Å². The highest BCUT2D eigenvalue weighted by Crippen LogP contribution is 2.42. The molecule has 2 aromatic carbocycles. The van der Waals surface area contributed by atoms with E-state index in [0.717, 1.165) is 28.3 Å². The van der Waals surface area contributed by atoms with Crippen molar-refractivity contribution in [3.8, 4) is 16.9 Å². The van der Waals surface area contributed by atoms with Crippen LogP contribution in [0.15, 0.2) is 47.8 Å². The zero-order valence-electron chi connectivity index (χ0n) is 12.3. The molecule has 0 aliphatic heterocycles. The zero-order chi connectivity index (χ0) is 14.8. The number of hydrogen-bond donors (Lipinski definition) is 2. The summed E-state index contributed by atoms with van der Waals surface area (Å²) in [6.45, 7) is 2.17. The molecule has 2 nitrogen and oxygen atoms in total. The Morgan fingerprint density at radius 1 is 1.14 bits per heavy atom. The van der Waals surface area contributed by atoms with Crippen LogP contribution in [0.25, 0.3) is 21.9 Å². The van der Waals surface area contributed by atoms with Crippen LogP contribution >= 0.6 is 11.3 Å². The minimum Gasteiger partial charge on any atom is -0.507 e. The first kappa shape index (κ1) is 14.1. The van der Waals surface area contributed by atoms with Crippen LogP contribution in [0.3, 0.4) is 0 Å². The van der Waals surface area contributed by atoms with E-state index in [2.05, 4.69) is 35.8 Å². The van der Waals surface area contributed by atoms with E-state index < -0.39 is 0 Å². The molecule has 0 radical (unpaired) electrons. The fraction of sp³-hybridized carbons (Fsp3) is 0.222. The van der Waals surface area contributed by atoms with E-state index in [0.29, 0.717) is 11.8 Å². The molecule has 1 aromatic heterocycles. The number of aromatic hydroxyl groups is 1. The van der Waals surface area contributed by atoms with Crippen molar-refractivity contribution in [2.24, 2.45) is 0 Å². The van der Waals surface area contributed by atoms with Gasteiger partial charge in [-0.3, -0.25) is 0 Å². The first-order chi connectivity index (χ1) is 10.3. The van der Waals surface area contributed by atoms with Crippen molar-refractivity contribution < 1.29 is 5.11 Å². The molecule has 21 heavy (non-hydrogen) atoms. The van der Waals surface area contributed by atoms with Crippen molar-refractivity contribution in [1.29, 1.82) is 0 Å². The van der Waals surface area contributed by atoms with Crippen LogP contribution in [0.2, 0.25) is 0 Å². The van der Waals surface area contributed by atoms with Gasteiger partial charge in [-0.15, -0.1) is 11.3 Å². The lowest BCUT2D eigenvalue weighted by Gasteiger charge is -2.16. The predicted octanol–water partition coefficient (Wildman–Crippen LogP) is 4.94. The van der Waals surface area contributed by atoms with Crippen LogP contribution in [0.4, 0.5) is 0 Å². The number of hydrogen-bond acceptors (Lipinski definition) is 3. The maximum Gasteiger partial charge on any atom is 0.124 e. The number of thiophene rings is 1. The molecule has 0 aliphatic carbocycles. The van der Waals surface area contributed by atoms with E-state index in [9.17, 15) is 5.11 Å². The quantitative estimate of drug-likeness (QED) is 0.714. The average Bonchev–Trinajstić information content (AvgIpc) is 2.97. The van der Waals surface area contributed by atoms with Gasteiger partial charge < -0.3 is 10.4 Å². The largest absolute Gasteiger partial charge is 0.507 e. The van der Waals surface area contributed by atoms with Crippen molar-refractivity contribution in [3.05, 3.63) is 52.7 Å². The Morgan fingerprint density at radius 3 is 2.71 bits per heavy atom. The Hall–Kier alpha value is -1.84. The van der Waals surface area contributed by atoms with E-state index in [1.54, 1.807) is 17.4 Å². The van der Waals surface area contributed by atoms with Gasteiger partial charge in [-0.1, -0.05) is 37.3 Å². The van der Waals surface area contributed by atoms with Crippen LogP contribution < -0.4 is 5.32 Å². The second-order valence-corrected chi connectivity index (χ2v) is 6.08. The summed E-state index contributed by atoms with van der Waals surface area (Å²) in [4.78, 5) is 1.28. The summed E-state index contributed by atoms with van der Waals surface area (Å²) in [7, 11) is 1.99. The molecule has 1 atom stereocenters.